The molecule has 0 aliphatic heterocycles. The molecule has 6 nitrogen and oxygen atoms in total. The lowest BCUT2D eigenvalue weighted by Gasteiger charge is -2.30. The highest BCUT2D eigenvalue weighted by Gasteiger charge is 2.48. The van der Waals surface area contributed by atoms with Crippen LogP contribution >= 0.6 is 11.6 Å². The Morgan fingerprint density at radius 2 is 1.63 bits per heavy atom. The number of fused-ring (bicyclic) bond motifs is 2. The summed E-state index contributed by atoms with van der Waals surface area (Å²) in [5, 5.41) is 1.86. The summed E-state index contributed by atoms with van der Waals surface area (Å²) in [6.07, 6.45) is -0.604. The van der Waals surface area contributed by atoms with Gasteiger partial charge in [-0.1, -0.05) is 36.4 Å². The lowest BCUT2D eigenvalue weighted by atomic mass is 9.81. The zero-order valence-corrected chi connectivity index (χ0v) is 17.5. The van der Waals surface area contributed by atoms with Crippen LogP contribution in [0.25, 0.3) is 21.8 Å². The van der Waals surface area contributed by atoms with E-state index < -0.39 is 17.5 Å². The number of benzene rings is 2. The van der Waals surface area contributed by atoms with Crippen molar-refractivity contribution in [3.63, 3.8) is 0 Å². The predicted molar refractivity (Wildman–Crippen MR) is 116 cm³/mol. The molecule has 1 radical (unpaired) electrons. The van der Waals surface area contributed by atoms with Crippen LogP contribution in [0.4, 0.5) is 4.79 Å². The third kappa shape index (κ3) is 2.95. The number of methoxy groups -OCH3 is 2. The highest BCUT2D eigenvalue weighted by Crippen LogP contribution is 2.44. The largest absolute Gasteiger partial charge is 0.468 e. The highest BCUT2D eigenvalue weighted by atomic mass is 35.5. The fourth-order valence-corrected chi connectivity index (χ4v) is 4.04. The van der Waals surface area contributed by atoms with Crippen molar-refractivity contribution in [2.45, 2.75) is 12.3 Å². The second-order valence-electron chi connectivity index (χ2n) is 7.09. The van der Waals surface area contributed by atoms with Gasteiger partial charge in [-0.15, -0.1) is 11.6 Å². The first kappa shape index (κ1) is 20.0. The first-order chi connectivity index (χ1) is 14.4. The molecular weight excluding hydrogens is 404 g/mol. The van der Waals surface area contributed by atoms with E-state index >= 15 is 0 Å². The number of H-pyrrole nitrogens is 1. The maximum absolute atomic E-state index is 13.0. The van der Waals surface area contributed by atoms with Gasteiger partial charge in [0.2, 0.25) is 0 Å². The van der Waals surface area contributed by atoms with E-state index in [1.165, 1.54) is 18.8 Å². The molecule has 1 atom stereocenters. The van der Waals surface area contributed by atoms with Crippen molar-refractivity contribution in [2.24, 2.45) is 0 Å². The molecule has 0 spiro atoms. The van der Waals surface area contributed by atoms with Gasteiger partial charge in [0, 0.05) is 16.6 Å². The van der Waals surface area contributed by atoms with Crippen molar-refractivity contribution in [1.82, 2.24) is 9.55 Å². The Morgan fingerprint density at radius 3 is 2.30 bits per heavy atom. The molecule has 0 saturated carbocycles. The van der Waals surface area contributed by atoms with Crippen LogP contribution in [0, 0.1) is 5.38 Å². The van der Waals surface area contributed by atoms with Crippen molar-refractivity contribution in [2.75, 3.05) is 14.2 Å². The van der Waals surface area contributed by atoms with Gasteiger partial charge in [0.15, 0.2) is 0 Å². The molecule has 2 aromatic heterocycles. The Bertz CT molecular complexity index is 1230. The second kappa shape index (κ2) is 7.54. The number of carbonyl (C=O) groups is 2. The number of hydrogen-bond acceptors (Lipinski definition) is 4. The number of esters is 1. The molecule has 153 valence electrons. The van der Waals surface area contributed by atoms with E-state index in [1.807, 2.05) is 48.5 Å². The highest BCUT2D eigenvalue weighted by molar-refractivity contribution is 6.32. The lowest BCUT2D eigenvalue weighted by molar-refractivity contribution is -0.145. The second-order valence-corrected chi connectivity index (χ2v) is 7.47. The third-order valence-corrected chi connectivity index (χ3v) is 5.97. The fourth-order valence-electron chi connectivity index (χ4n) is 3.73. The van der Waals surface area contributed by atoms with Gasteiger partial charge in [-0.05, 0) is 36.6 Å². The average Bonchev–Trinajstić information content (AvgIpc) is 3.38. The van der Waals surface area contributed by atoms with Gasteiger partial charge in [-0.25, -0.2) is 9.36 Å². The van der Waals surface area contributed by atoms with Crippen LogP contribution in [0.2, 0.25) is 0 Å². The van der Waals surface area contributed by atoms with E-state index in [4.69, 9.17) is 21.1 Å². The molecule has 0 aliphatic carbocycles. The summed E-state index contributed by atoms with van der Waals surface area (Å²) >= 11 is 6.89. The minimum Gasteiger partial charge on any atom is -0.468 e. The van der Waals surface area contributed by atoms with Crippen LogP contribution in [0.15, 0.2) is 60.7 Å². The molecule has 0 amide bonds. The minimum atomic E-state index is -1.38. The van der Waals surface area contributed by atoms with E-state index in [0.29, 0.717) is 16.9 Å². The van der Waals surface area contributed by atoms with Crippen molar-refractivity contribution >= 4 is 45.5 Å². The first-order valence-electron chi connectivity index (χ1n) is 9.30. The van der Waals surface area contributed by atoms with Crippen LogP contribution < -0.4 is 0 Å². The standard InChI is InChI=1S/C23H20ClN2O4/c1-23(21(27)29-2,19-13-14-8-4-6-10-16(14)25-19)20(24)18-12-15-9-5-7-11-17(15)26(18)22(28)30-3/h4-13,25H,1-3H3. The van der Waals surface area contributed by atoms with E-state index in [9.17, 15) is 9.59 Å². The molecule has 2 aromatic carbocycles. The molecule has 4 rings (SSSR count). The van der Waals surface area contributed by atoms with E-state index in [2.05, 4.69) is 4.98 Å². The zero-order chi connectivity index (χ0) is 21.5. The first-order valence-corrected chi connectivity index (χ1v) is 9.68. The quantitative estimate of drug-likeness (QED) is 0.469. The Balaban J connectivity index is 1.95. The topological polar surface area (TPSA) is 73.3 Å². The van der Waals surface area contributed by atoms with E-state index in [0.717, 1.165) is 16.3 Å². The number of rotatable bonds is 4. The normalized spacial score (nSPS) is 13.5. The molecule has 7 heteroatoms. The van der Waals surface area contributed by atoms with Gasteiger partial charge in [0.05, 0.1) is 25.4 Å². The third-order valence-electron chi connectivity index (χ3n) is 5.39. The number of nitrogens with one attached hydrogen (secondary N) is 1. The van der Waals surface area contributed by atoms with Crippen molar-refractivity contribution in [3.8, 4) is 0 Å². The number of aromatic amines is 1. The number of carbonyl (C=O) groups excluding carboxylic acids is 2. The Hall–Kier alpha value is -3.25. The number of aromatic nitrogens is 2. The van der Waals surface area contributed by atoms with Gasteiger partial charge in [0.25, 0.3) is 0 Å². The fraction of sp³-hybridized carbons (Fsp3) is 0.174. The summed E-state index contributed by atoms with van der Waals surface area (Å²) < 4.78 is 11.5. The molecule has 4 aromatic rings. The SMILES string of the molecule is COC(=O)n1c([C](Cl)C(C)(C(=O)OC)c2cc3ccccc3[nH]2)cc2ccccc21. The summed E-state index contributed by atoms with van der Waals surface area (Å²) in [5.74, 6) is -0.555. The lowest BCUT2D eigenvalue weighted by Crippen LogP contribution is -2.40. The number of hydrogen-bond donors (Lipinski definition) is 1. The van der Waals surface area contributed by atoms with Gasteiger partial charge in [-0.3, -0.25) is 4.79 Å². The van der Waals surface area contributed by atoms with Crippen molar-refractivity contribution < 1.29 is 19.1 Å². The Labute approximate surface area is 178 Å². The Morgan fingerprint density at radius 1 is 0.967 bits per heavy atom. The Kier molecular flexibility index (Phi) is 5.03. The maximum Gasteiger partial charge on any atom is 0.418 e. The van der Waals surface area contributed by atoms with Gasteiger partial charge < -0.3 is 14.5 Å². The molecule has 0 fully saturated rings. The van der Waals surface area contributed by atoms with E-state index in [-0.39, 0.29) is 5.38 Å². The monoisotopic (exact) mass is 423 g/mol. The zero-order valence-electron chi connectivity index (χ0n) is 16.7. The minimum absolute atomic E-state index is 0.141. The molecule has 0 bridgehead atoms. The van der Waals surface area contributed by atoms with Crippen LogP contribution in [0.1, 0.15) is 18.3 Å². The van der Waals surface area contributed by atoms with Gasteiger partial charge in [-0.2, -0.15) is 0 Å². The summed E-state index contributed by atoms with van der Waals surface area (Å²) in [4.78, 5) is 28.9. The van der Waals surface area contributed by atoms with Crippen LogP contribution in [-0.4, -0.2) is 35.8 Å². The smallest absolute Gasteiger partial charge is 0.418 e. The molecular formula is C23H20ClN2O4. The maximum atomic E-state index is 13.0. The summed E-state index contributed by atoms with van der Waals surface area (Å²) in [7, 11) is 2.61. The van der Waals surface area contributed by atoms with Gasteiger partial charge in [0.1, 0.15) is 10.8 Å². The molecule has 2 heterocycles. The summed E-state index contributed by atoms with van der Waals surface area (Å²) in [5.41, 5.74) is 1.02. The van der Waals surface area contributed by atoms with Crippen LogP contribution in [-0.2, 0) is 19.7 Å². The van der Waals surface area contributed by atoms with Crippen LogP contribution in [0.3, 0.4) is 0 Å². The molecule has 30 heavy (non-hydrogen) atoms. The molecule has 1 N–H and O–H groups in total. The van der Waals surface area contributed by atoms with E-state index in [1.54, 1.807) is 19.1 Å². The van der Waals surface area contributed by atoms with Crippen molar-refractivity contribution in [3.05, 3.63) is 77.4 Å². The van der Waals surface area contributed by atoms with Crippen LogP contribution in [0.5, 0.6) is 0 Å². The number of halogens is 1. The number of para-hydroxylation sites is 2. The summed E-state index contributed by atoms with van der Waals surface area (Å²) in [6.45, 7) is 1.67. The van der Waals surface area contributed by atoms with Gasteiger partial charge >= 0.3 is 12.1 Å². The number of nitrogens with zero attached hydrogens (tertiary/aromatic N) is 1. The van der Waals surface area contributed by atoms with Crippen molar-refractivity contribution in [1.29, 1.82) is 0 Å². The molecule has 0 saturated heterocycles. The number of ether oxygens (including phenoxy) is 2. The summed E-state index contributed by atoms with van der Waals surface area (Å²) in [6, 6.07) is 18.6. The average molecular weight is 424 g/mol. The predicted octanol–water partition coefficient (Wildman–Crippen LogP) is 4.99. The molecule has 0 aliphatic rings. The molecule has 1 unspecified atom stereocenters.